The van der Waals surface area contributed by atoms with E-state index in [1.807, 2.05) is 13.0 Å². The van der Waals surface area contributed by atoms with Gasteiger partial charge in [-0.1, -0.05) is 12.8 Å². The molecule has 0 aliphatic heterocycles. The van der Waals surface area contributed by atoms with Crippen molar-refractivity contribution in [2.45, 2.75) is 45.6 Å². The van der Waals surface area contributed by atoms with Gasteiger partial charge >= 0.3 is 0 Å². The molecule has 0 amide bonds. The van der Waals surface area contributed by atoms with Crippen LogP contribution in [0.2, 0.25) is 0 Å². The van der Waals surface area contributed by atoms with Crippen molar-refractivity contribution in [2.24, 2.45) is 0 Å². The molecule has 1 fully saturated rings. The van der Waals surface area contributed by atoms with Crippen LogP contribution in [-0.2, 0) is 0 Å². The predicted molar refractivity (Wildman–Crippen MR) is 93.6 cm³/mol. The smallest absolute Gasteiger partial charge is 0.179 e. The molecule has 1 aliphatic rings. The fraction of sp³-hybridized carbons (Fsp3) is 0.412. The van der Waals surface area contributed by atoms with Gasteiger partial charge in [0, 0.05) is 11.7 Å². The Labute approximate surface area is 141 Å². The first-order valence-corrected chi connectivity index (χ1v) is 7.88. The molecule has 0 aromatic carbocycles. The lowest BCUT2D eigenvalue weighted by molar-refractivity contribution is 0.567. The number of aromatic nitrogens is 3. The second-order valence-electron chi connectivity index (χ2n) is 6.15. The SMILES string of the molecule is Cc1cc(C)c2nc(-c3ccoc3)n(NC3CCCC3)c2n1.Cl. The van der Waals surface area contributed by atoms with Crippen molar-refractivity contribution in [3.05, 3.63) is 35.9 Å². The highest BCUT2D eigenvalue weighted by atomic mass is 35.5. The Morgan fingerprint density at radius 3 is 2.70 bits per heavy atom. The number of aryl methyl sites for hydroxylation is 2. The van der Waals surface area contributed by atoms with Crippen molar-refractivity contribution in [3.63, 3.8) is 0 Å². The van der Waals surface area contributed by atoms with E-state index in [4.69, 9.17) is 14.4 Å². The van der Waals surface area contributed by atoms with Crippen LogP contribution >= 0.6 is 12.4 Å². The first-order valence-electron chi connectivity index (χ1n) is 7.88. The predicted octanol–water partition coefficient (Wildman–Crippen LogP) is 4.22. The average molecular weight is 333 g/mol. The van der Waals surface area contributed by atoms with E-state index in [1.54, 1.807) is 12.5 Å². The summed E-state index contributed by atoms with van der Waals surface area (Å²) in [5.41, 5.74) is 8.62. The van der Waals surface area contributed by atoms with E-state index in [1.165, 1.54) is 25.7 Å². The number of rotatable bonds is 3. The minimum atomic E-state index is 0. The van der Waals surface area contributed by atoms with Crippen molar-refractivity contribution in [1.82, 2.24) is 14.6 Å². The maximum absolute atomic E-state index is 5.24. The summed E-state index contributed by atoms with van der Waals surface area (Å²) >= 11 is 0. The zero-order chi connectivity index (χ0) is 15.1. The highest BCUT2D eigenvalue weighted by molar-refractivity contribution is 5.85. The molecule has 0 bridgehead atoms. The van der Waals surface area contributed by atoms with Crippen molar-refractivity contribution in [1.29, 1.82) is 0 Å². The van der Waals surface area contributed by atoms with Gasteiger partial charge in [-0.3, -0.25) is 0 Å². The van der Waals surface area contributed by atoms with E-state index in [-0.39, 0.29) is 12.4 Å². The Kier molecular flexibility index (Phi) is 4.31. The zero-order valence-corrected chi connectivity index (χ0v) is 14.2. The van der Waals surface area contributed by atoms with Crippen LogP contribution in [-0.4, -0.2) is 20.7 Å². The van der Waals surface area contributed by atoms with E-state index in [0.29, 0.717) is 6.04 Å². The molecule has 1 saturated carbocycles. The fourth-order valence-corrected chi connectivity index (χ4v) is 3.31. The number of hydrogen-bond acceptors (Lipinski definition) is 4. The summed E-state index contributed by atoms with van der Waals surface area (Å²) in [6, 6.07) is 4.51. The maximum atomic E-state index is 5.24. The second kappa shape index (κ2) is 6.24. The number of nitrogens with zero attached hydrogens (tertiary/aromatic N) is 3. The normalized spacial score (nSPS) is 15.0. The third-order valence-electron chi connectivity index (χ3n) is 4.38. The van der Waals surface area contributed by atoms with Gasteiger partial charge in [0.05, 0.1) is 11.8 Å². The van der Waals surface area contributed by atoms with Crippen LogP contribution in [0.15, 0.2) is 29.1 Å². The number of halogens is 1. The number of hydrogen-bond donors (Lipinski definition) is 1. The van der Waals surface area contributed by atoms with Gasteiger partial charge in [-0.25, -0.2) is 14.6 Å². The van der Waals surface area contributed by atoms with Gasteiger partial charge in [0.1, 0.15) is 11.8 Å². The molecule has 3 aromatic heterocycles. The zero-order valence-electron chi connectivity index (χ0n) is 13.4. The monoisotopic (exact) mass is 332 g/mol. The molecule has 3 aromatic rings. The summed E-state index contributed by atoms with van der Waals surface area (Å²) in [4.78, 5) is 9.53. The molecule has 4 rings (SSSR count). The molecule has 1 aliphatic carbocycles. The van der Waals surface area contributed by atoms with E-state index >= 15 is 0 Å². The Balaban J connectivity index is 0.00000156. The molecule has 3 heterocycles. The van der Waals surface area contributed by atoms with E-state index in [2.05, 4.69) is 23.1 Å². The Morgan fingerprint density at radius 1 is 1.22 bits per heavy atom. The Hall–Kier alpha value is -2.01. The summed E-state index contributed by atoms with van der Waals surface area (Å²) in [6.45, 7) is 4.11. The number of furan rings is 1. The average Bonchev–Trinajstić information content (AvgIpc) is 3.20. The van der Waals surface area contributed by atoms with Crippen LogP contribution in [0.1, 0.15) is 36.9 Å². The van der Waals surface area contributed by atoms with Crippen LogP contribution in [0.25, 0.3) is 22.6 Å². The summed E-state index contributed by atoms with van der Waals surface area (Å²) in [5.74, 6) is 0.872. The Morgan fingerprint density at radius 2 is 2.00 bits per heavy atom. The van der Waals surface area contributed by atoms with Crippen molar-refractivity contribution in [2.75, 3.05) is 5.43 Å². The highest BCUT2D eigenvalue weighted by Gasteiger charge is 2.21. The second-order valence-corrected chi connectivity index (χ2v) is 6.15. The standard InChI is InChI=1S/C17H20N4O.ClH/c1-11-9-12(2)18-17-15(11)19-16(13-7-8-22-10-13)21(17)20-14-5-3-4-6-14;/h7-10,14,20H,3-6H2,1-2H3;1H. The largest absolute Gasteiger partial charge is 0.472 e. The minimum absolute atomic E-state index is 0. The molecule has 0 atom stereocenters. The van der Waals surface area contributed by atoms with Crippen LogP contribution in [0.3, 0.4) is 0 Å². The van der Waals surface area contributed by atoms with Crippen LogP contribution in [0.5, 0.6) is 0 Å². The van der Waals surface area contributed by atoms with Crippen molar-refractivity contribution < 1.29 is 4.42 Å². The minimum Gasteiger partial charge on any atom is -0.472 e. The van der Waals surface area contributed by atoms with Gasteiger partial charge in [-0.2, -0.15) is 0 Å². The van der Waals surface area contributed by atoms with Gasteiger partial charge in [0.25, 0.3) is 0 Å². The lowest BCUT2D eigenvalue weighted by Gasteiger charge is -2.16. The first-order chi connectivity index (χ1) is 10.7. The van der Waals surface area contributed by atoms with Crippen LogP contribution in [0.4, 0.5) is 0 Å². The number of fused-ring (bicyclic) bond motifs is 1. The molecule has 0 unspecified atom stereocenters. The van der Waals surface area contributed by atoms with E-state index in [9.17, 15) is 0 Å². The van der Waals surface area contributed by atoms with Gasteiger partial charge in [-0.15, -0.1) is 12.4 Å². The molecule has 0 saturated heterocycles. The van der Waals surface area contributed by atoms with Gasteiger partial charge in [0.2, 0.25) is 0 Å². The molecule has 23 heavy (non-hydrogen) atoms. The molecule has 5 nitrogen and oxygen atoms in total. The van der Waals surface area contributed by atoms with Crippen LogP contribution in [0, 0.1) is 13.8 Å². The summed E-state index contributed by atoms with van der Waals surface area (Å²) < 4.78 is 7.29. The van der Waals surface area contributed by atoms with Gasteiger partial charge in [0.15, 0.2) is 11.5 Å². The third kappa shape index (κ3) is 2.81. The highest BCUT2D eigenvalue weighted by Crippen LogP contribution is 2.27. The molecule has 122 valence electrons. The van der Waals surface area contributed by atoms with E-state index in [0.717, 1.165) is 33.8 Å². The number of pyridine rings is 1. The first kappa shape index (κ1) is 15.9. The summed E-state index contributed by atoms with van der Waals surface area (Å²) in [6.07, 6.45) is 8.40. The maximum Gasteiger partial charge on any atom is 0.179 e. The summed E-state index contributed by atoms with van der Waals surface area (Å²) in [7, 11) is 0. The molecular formula is C17H21ClN4O. The molecule has 6 heteroatoms. The van der Waals surface area contributed by atoms with Gasteiger partial charge < -0.3 is 9.84 Å². The molecular weight excluding hydrogens is 312 g/mol. The fourth-order valence-electron chi connectivity index (χ4n) is 3.31. The Bertz CT molecular complexity index is 804. The van der Waals surface area contributed by atoms with Crippen LogP contribution < -0.4 is 5.43 Å². The topological polar surface area (TPSA) is 55.9 Å². The van der Waals surface area contributed by atoms with Gasteiger partial charge in [-0.05, 0) is 44.4 Å². The number of imidazole rings is 1. The molecule has 0 spiro atoms. The lowest BCUT2D eigenvalue weighted by atomic mass is 10.2. The summed E-state index contributed by atoms with van der Waals surface area (Å²) in [5, 5.41) is 0. The van der Waals surface area contributed by atoms with Crippen molar-refractivity contribution >= 4 is 23.6 Å². The van der Waals surface area contributed by atoms with E-state index < -0.39 is 0 Å². The lowest BCUT2D eigenvalue weighted by Crippen LogP contribution is -2.26. The third-order valence-corrected chi connectivity index (χ3v) is 4.38. The molecule has 1 N–H and O–H groups in total. The number of nitrogens with one attached hydrogen (secondary N) is 1. The van der Waals surface area contributed by atoms with Crippen molar-refractivity contribution in [3.8, 4) is 11.4 Å². The molecule has 0 radical (unpaired) electrons. The quantitative estimate of drug-likeness (QED) is 0.780.